The van der Waals surface area contributed by atoms with Gasteiger partial charge in [-0.3, -0.25) is 4.79 Å². The molecule has 2 aromatic heterocycles. The molecule has 1 aromatic carbocycles. The van der Waals surface area contributed by atoms with Crippen LogP contribution >= 0.6 is 0 Å². The van der Waals surface area contributed by atoms with Crippen LogP contribution in [0.2, 0.25) is 0 Å². The van der Waals surface area contributed by atoms with Crippen molar-refractivity contribution in [2.45, 2.75) is 20.3 Å². The summed E-state index contributed by atoms with van der Waals surface area (Å²) >= 11 is 0. The Morgan fingerprint density at radius 1 is 1.22 bits per heavy atom. The summed E-state index contributed by atoms with van der Waals surface area (Å²) in [5.74, 6) is 2.28. The second-order valence-corrected chi connectivity index (χ2v) is 6.82. The molecular weight excluding hydrogens is 288 g/mol. The number of aldehydes is 1. The molecule has 118 valence electrons. The Labute approximate surface area is 134 Å². The summed E-state index contributed by atoms with van der Waals surface area (Å²) in [6, 6.07) is 5.68. The average Bonchev–Trinajstić information content (AvgIpc) is 2.91. The minimum absolute atomic E-state index is 0.652. The number of rotatable bonds is 2. The smallest absolute Gasteiger partial charge is 0.150 e. The highest BCUT2D eigenvalue weighted by Gasteiger charge is 2.25. The SMILES string of the molecule is CC1CC(C)CN(c2ncnc3[nH]c4ccc(C=O)cc4c23)C1. The number of H-pyrrole nitrogens is 1. The fraction of sp³-hybridized carbons (Fsp3) is 0.389. The Bertz CT molecular complexity index is 875. The molecule has 3 aromatic rings. The zero-order chi connectivity index (χ0) is 16.0. The van der Waals surface area contributed by atoms with E-state index in [1.807, 2.05) is 18.2 Å². The molecular formula is C18H20N4O. The van der Waals surface area contributed by atoms with Gasteiger partial charge in [0, 0.05) is 29.6 Å². The molecule has 5 nitrogen and oxygen atoms in total. The predicted molar refractivity (Wildman–Crippen MR) is 91.9 cm³/mol. The van der Waals surface area contributed by atoms with E-state index in [0.717, 1.165) is 47.1 Å². The fourth-order valence-electron chi connectivity index (χ4n) is 3.87. The first-order valence-corrected chi connectivity index (χ1v) is 8.12. The van der Waals surface area contributed by atoms with Crippen molar-refractivity contribution < 1.29 is 4.79 Å². The number of anilines is 1. The van der Waals surface area contributed by atoms with Crippen molar-refractivity contribution >= 4 is 34.0 Å². The number of fused-ring (bicyclic) bond motifs is 3. The minimum Gasteiger partial charge on any atom is -0.355 e. The number of nitrogens with zero attached hydrogens (tertiary/aromatic N) is 3. The van der Waals surface area contributed by atoms with Gasteiger partial charge in [0.1, 0.15) is 24.1 Å². The molecule has 0 aliphatic carbocycles. The van der Waals surface area contributed by atoms with Gasteiger partial charge in [-0.1, -0.05) is 13.8 Å². The van der Waals surface area contributed by atoms with Gasteiger partial charge in [0.2, 0.25) is 0 Å². The molecule has 0 spiro atoms. The van der Waals surface area contributed by atoms with Gasteiger partial charge in [0.25, 0.3) is 0 Å². The Balaban J connectivity index is 1.93. The summed E-state index contributed by atoms with van der Waals surface area (Å²) in [5, 5.41) is 2.04. The lowest BCUT2D eigenvalue weighted by atomic mass is 9.92. The molecule has 1 saturated heterocycles. The Morgan fingerprint density at radius 2 is 2.00 bits per heavy atom. The zero-order valence-electron chi connectivity index (χ0n) is 13.4. The third-order valence-corrected chi connectivity index (χ3v) is 4.70. The lowest BCUT2D eigenvalue weighted by Crippen LogP contribution is -2.39. The van der Waals surface area contributed by atoms with Gasteiger partial charge in [0.05, 0.1) is 5.39 Å². The standard InChI is InChI=1S/C18H20N4O/c1-11-5-12(2)8-22(7-11)18-16-14-6-13(9-23)3-4-15(14)21-17(16)19-10-20-18/h3-4,6,9-12H,5,7-8H2,1-2H3,(H,19,20,21). The third-order valence-electron chi connectivity index (χ3n) is 4.70. The van der Waals surface area contributed by atoms with Crippen LogP contribution in [-0.4, -0.2) is 34.3 Å². The lowest BCUT2D eigenvalue weighted by Gasteiger charge is -2.36. The molecule has 0 amide bonds. The third kappa shape index (κ3) is 2.36. The number of carbonyl (C=O) groups excluding carboxylic acids is 1. The van der Waals surface area contributed by atoms with E-state index < -0.39 is 0 Å². The first-order chi connectivity index (χ1) is 11.2. The Morgan fingerprint density at radius 3 is 2.74 bits per heavy atom. The topological polar surface area (TPSA) is 61.9 Å². The maximum Gasteiger partial charge on any atom is 0.150 e. The van der Waals surface area contributed by atoms with Crippen LogP contribution in [0.3, 0.4) is 0 Å². The largest absolute Gasteiger partial charge is 0.355 e. The van der Waals surface area contributed by atoms with Gasteiger partial charge in [0.15, 0.2) is 0 Å². The van der Waals surface area contributed by atoms with E-state index in [1.54, 1.807) is 6.33 Å². The zero-order valence-corrected chi connectivity index (χ0v) is 13.4. The maximum absolute atomic E-state index is 11.1. The van der Waals surface area contributed by atoms with Gasteiger partial charge in [-0.15, -0.1) is 0 Å². The van der Waals surface area contributed by atoms with E-state index in [-0.39, 0.29) is 0 Å². The molecule has 0 radical (unpaired) electrons. The molecule has 0 bridgehead atoms. The van der Waals surface area contributed by atoms with E-state index in [9.17, 15) is 4.79 Å². The molecule has 5 heteroatoms. The summed E-state index contributed by atoms with van der Waals surface area (Å²) in [6.07, 6.45) is 3.76. The lowest BCUT2D eigenvalue weighted by molar-refractivity contribution is 0.112. The van der Waals surface area contributed by atoms with Crippen LogP contribution in [-0.2, 0) is 0 Å². The van der Waals surface area contributed by atoms with E-state index in [4.69, 9.17) is 0 Å². The van der Waals surface area contributed by atoms with Crippen molar-refractivity contribution in [1.82, 2.24) is 15.0 Å². The molecule has 1 fully saturated rings. The molecule has 23 heavy (non-hydrogen) atoms. The highest BCUT2D eigenvalue weighted by molar-refractivity contribution is 6.12. The van der Waals surface area contributed by atoms with Crippen LogP contribution < -0.4 is 4.90 Å². The molecule has 1 N–H and O–H groups in total. The number of hydrogen-bond donors (Lipinski definition) is 1. The number of carbonyl (C=O) groups is 1. The summed E-state index contributed by atoms with van der Waals surface area (Å²) in [6.45, 7) is 6.61. The molecule has 0 saturated carbocycles. The normalized spacial score (nSPS) is 21.9. The Hall–Kier alpha value is -2.43. The molecule has 2 unspecified atom stereocenters. The number of aromatic nitrogens is 3. The molecule has 4 rings (SSSR count). The predicted octanol–water partition coefficient (Wildman–Crippen LogP) is 3.41. The number of nitrogens with one attached hydrogen (secondary N) is 1. The van der Waals surface area contributed by atoms with Crippen molar-refractivity contribution in [2.75, 3.05) is 18.0 Å². The van der Waals surface area contributed by atoms with E-state index >= 15 is 0 Å². The van der Waals surface area contributed by atoms with Crippen LogP contribution in [0.4, 0.5) is 5.82 Å². The van der Waals surface area contributed by atoms with Crippen molar-refractivity contribution in [3.05, 3.63) is 30.1 Å². The van der Waals surface area contributed by atoms with Crippen LogP contribution in [0.5, 0.6) is 0 Å². The van der Waals surface area contributed by atoms with Crippen LogP contribution in [0.1, 0.15) is 30.6 Å². The molecule has 2 atom stereocenters. The highest BCUT2D eigenvalue weighted by Crippen LogP contribution is 2.34. The number of aromatic amines is 1. The average molecular weight is 308 g/mol. The van der Waals surface area contributed by atoms with Gasteiger partial charge >= 0.3 is 0 Å². The molecule has 1 aliphatic rings. The van der Waals surface area contributed by atoms with Crippen LogP contribution in [0, 0.1) is 11.8 Å². The number of hydrogen-bond acceptors (Lipinski definition) is 4. The maximum atomic E-state index is 11.1. The second-order valence-electron chi connectivity index (χ2n) is 6.82. The van der Waals surface area contributed by atoms with Gasteiger partial charge in [-0.25, -0.2) is 9.97 Å². The second kappa shape index (κ2) is 5.33. The van der Waals surface area contributed by atoms with Crippen molar-refractivity contribution in [2.24, 2.45) is 11.8 Å². The highest BCUT2D eigenvalue weighted by atomic mass is 16.1. The molecule has 3 heterocycles. The summed E-state index contributed by atoms with van der Waals surface area (Å²) < 4.78 is 0. The van der Waals surface area contributed by atoms with Gasteiger partial charge < -0.3 is 9.88 Å². The van der Waals surface area contributed by atoms with E-state index in [1.165, 1.54) is 6.42 Å². The monoisotopic (exact) mass is 308 g/mol. The quantitative estimate of drug-likeness (QED) is 0.737. The Kier molecular flexibility index (Phi) is 3.29. The first-order valence-electron chi connectivity index (χ1n) is 8.12. The summed E-state index contributed by atoms with van der Waals surface area (Å²) in [5.41, 5.74) is 2.50. The molecule has 1 aliphatic heterocycles. The van der Waals surface area contributed by atoms with E-state index in [2.05, 4.69) is 33.7 Å². The van der Waals surface area contributed by atoms with Crippen LogP contribution in [0.25, 0.3) is 21.9 Å². The number of benzene rings is 1. The first kappa shape index (κ1) is 14.2. The van der Waals surface area contributed by atoms with Crippen molar-refractivity contribution in [3.8, 4) is 0 Å². The summed E-state index contributed by atoms with van der Waals surface area (Å²) in [4.78, 5) is 25.8. The number of piperidine rings is 1. The van der Waals surface area contributed by atoms with Crippen LogP contribution in [0.15, 0.2) is 24.5 Å². The van der Waals surface area contributed by atoms with Gasteiger partial charge in [-0.2, -0.15) is 0 Å². The van der Waals surface area contributed by atoms with Gasteiger partial charge in [-0.05, 0) is 36.5 Å². The fourth-order valence-corrected chi connectivity index (χ4v) is 3.87. The van der Waals surface area contributed by atoms with E-state index in [0.29, 0.717) is 17.4 Å². The van der Waals surface area contributed by atoms with Crippen molar-refractivity contribution in [3.63, 3.8) is 0 Å². The van der Waals surface area contributed by atoms with Crippen molar-refractivity contribution in [1.29, 1.82) is 0 Å². The minimum atomic E-state index is 0.652. The summed E-state index contributed by atoms with van der Waals surface area (Å²) in [7, 11) is 0.